The van der Waals surface area contributed by atoms with Gasteiger partial charge in [-0.3, -0.25) is 0 Å². The van der Waals surface area contributed by atoms with Gasteiger partial charge in [-0.1, -0.05) is 42.3 Å². The minimum absolute atomic E-state index is 0.0373. The van der Waals surface area contributed by atoms with E-state index >= 15 is 0 Å². The number of nitriles is 1. The summed E-state index contributed by atoms with van der Waals surface area (Å²) < 4.78 is 0. The second-order valence-corrected chi connectivity index (χ2v) is 11.0. The number of likely N-dealkylation sites (N-methyl/N-ethyl adjacent to an activating group) is 1. The number of aromatic nitrogens is 1. The summed E-state index contributed by atoms with van der Waals surface area (Å²) in [5, 5.41) is 12.8. The lowest BCUT2D eigenvalue weighted by Crippen LogP contribution is -2.49. The number of urea groups is 1. The smallest absolute Gasteiger partial charge is 0.321 e. The Hall–Kier alpha value is -2.11. The monoisotopic (exact) mass is 516 g/mol. The number of nitrogens with one attached hydrogen (secondary N) is 1. The molecule has 0 bridgehead atoms. The summed E-state index contributed by atoms with van der Waals surface area (Å²) in [4.78, 5) is 24.3. The van der Waals surface area contributed by atoms with Crippen LogP contribution in [0.1, 0.15) is 32.6 Å². The molecule has 2 fully saturated rings. The topological polar surface area (TPSA) is 75.5 Å². The third kappa shape index (κ3) is 6.56. The van der Waals surface area contributed by atoms with Crippen LogP contribution in [-0.4, -0.2) is 78.1 Å². The van der Waals surface area contributed by atoms with E-state index in [1.54, 1.807) is 12.1 Å². The first-order chi connectivity index (χ1) is 16.8. The Labute approximate surface area is 218 Å². The van der Waals surface area contributed by atoms with Crippen molar-refractivity contribution in [1.29, 1.82) is 5.26 Å². The molecule has 2 amide bonds. The molecule has 1 saturated heterocycles. The van der Waals surface area contributed by atoms with Gasteiger partial charge in [0.2, 0.25) is 0 Å². The molecule has 1 N–H and O–H groups in total. The van der Waals surface area contributed by atoms with Crippen LogP contribution in [0.2, 0.25) is 10.3 Å². The van der Waals surface area contributed by atoms with E-state index in [2.05, 4.69) is 52.3 Å². The fraction of sp³-hybridized carbons (Fsp3) is 0.577. The van der Waals surface area contributed by atoms with Crippen LogP contribution in [0.3, 0.4) is 0 Å². The Kier molecular flexibility index (Phi) is 8.38. The highest BCUT2D eigenvalue weighted by Crippen LogP contribution is 2.47. The first-order valence-corrected chi connectivity index (χ1v) is 13.1. The van der Waals surface area contributed by atoms with Gasteiger partial charge in [-0.15, -0.1) is 0 Å². The van der Waals surface area contributed by atoms with Crippen LogP contribution in [0, 0.1) is 22.7 Å². The maximum atomic E-state index is 13.5. The van der Waals surface area contributed by atoms with Crippen LogP contribution in [0.5, 0.6) is 0 Å². The van der Waals surface area contributed by atoms with E-state index < -0.39 is 0 Å². The number of allylic oxidation sites excluding steroid dienone is 4. The maximum absolute atomic E-state index is 13.5. The maximum Gasteiger partial charge on any atom is 0.322 e. The second-order valence-electron chi connectivity index (χ2n) is 10.2. The molecular formula is C26H34Cl2N6O. The molecule has 3 unspecified atom stereocenters. The van der Waals surface area contributed by atoms with Gasteiger partial charge in [0.25, 0.3) is 0 Å². The van der Waals surface area contributed by atoms with Crippen LogP contribution in [-0.2, 0) is 0 Å². The zero-order chi connectivity index (χ0) is 25.0. The number of rotatable bonds is 6. The predicted molar refractivity (Wildman–Crippen MR) is 141 cm³/mol. The molecule has 9 heteroatoms. The Morgan fingerprint density at radius 3 is 2.69 bits per heavy atom. The number of hydrogen-bond donors (Lipinski definition) is 1. The van der Waals surface area contributed by atoms with Gasteiger partial charge in [0.1, 0.15) is 10.3 Å². The van der Waals surface area contributed by atoms with Crippen LogP contribution >= 0.6 is 23.2 Å². The molecule has 3 aliphatic rings. The lowest BCUT2D eigenvalue weighted by molar-refractivity contribution is 0.101. The van der Waals surface area contributed by atoms with E-state index in [1.807, 2.05) is 11.0 Å². The van der Waals surface area contributed by atoms with E-state index in [1.165, 1.54) is 0 Å². The number of fused-ring (bicyclic) bond motifs is 1. The van der Waals surface area contributed by atoms with Crippen molar-refractivity contribution in [3.8, 4) is 6.07 Å². The Bertz CT molecular complexity index is 1010. The molecule has 1 aliphatic heterocycles. The van der Waals surface area contributed by atoms with Crippen molar-refractivity contribution < 1.29 is 4.79 Å². The molecule has 2 aliphatic carbocycles. The SMILES string of the molecule is CN1CCN(CCCN(C(=O)Nc2cc(Cl)nc(Cl)c2)C2CCC3(C)C=C(C#N)C=CC3C2)CC1. The standard InChI is InChI=1S/C26H34Cl2N6O/c1-26-7-6-22(14-20(26)5-4-19(17-26)18-29)34(9-3-8-33-12-10-32(2)11-13-33)25(35)30-21-15-23(27)31-24(28)16-21/h4-5,15-17,20,22H,3,6-14H2,1-2H3,(H,30,31,35). The van der Waals surface area contributed by atoms with Gasteiger partial charge in [0, 0.05) is 50.0 Å². The number of carbonyl (C=O) groups excluding carboxylic acids is 1. The van der Waals surface area contributed by atoms with Crippen LogP contribution in [0.15, 0.2) is 35.9 Å². The number of piperazine rings is 1. The molecule has 7 nitrogen and oxygen atoms in total. The van der Waals surface area contributed by atoms with Crippen molar-refractivity contribution in [2.75, 3.05) is 51.6 Å². The highest BCUT2D eigenvalue weighted by Gasteiger charge is 2.41. The van der Waals surface area contributed by atoms with Crippen LogP contribution < -0.4 is 5.32 Å². The summed E-state index contributed by atoms with van der Waals surface area (Å²) in [5.41, 5.74) is 1.24. The van der Waals surface area contributed by atoms with E-state index in [9.17, 15) is 10.1 Å². The van der Waals surface area contributed by atoms with Gasteiger partial charge in [-0.2, -0.15) is 5.26 Å². The van der Waals surface area contributed by atoms with Crippen molar-refractivity contribution in [2.45, 2.75) is 38.6 Å². The highest BCUT2D eigenvalue weighted by molar-refractivity contribution is 6.32. The highest BCUT2D eigenvalue weighted by atomic mass is 35.5. The third-order valence-corrected chi connectivity index (χ3v) is 8.08. The van der Waals surface area contributed by atoms with Crippen molar-refractivity contribution in [2.24, 2.45) is 11.3 Å². The first-order valence-electron chi connectivity index (χ1n) is 12.4. The van der Waals surface area contributed by atoms with Gasteiger partial charge in [-0.25, -0.2) is 9.78 Å². The van der Waals surface area contributed by atoms with Crippen LogP contribution in [0.25, 0.3) is 0 Å². The lowest BCUT2D eigenvalue weighted by Gasteiger charge is -2.46. The van der Waals surface area contributed by atoms with Crippen molar-refractivity contribution >= 4 is 34.9 Å². The Morgan fingerprint density at radius 1 is 1.29 bits per heavy atom. The third-order valence-electron chi connectivity index (χ3n) is 7.70. The molecule has 188 valence electrons. The molecular weight excluding hydrogens is 483 g/mol. The number of hydrogen-bond acceptors (Lipinski definition) is 5. The molecule has 1 saturated carbocycles. The Balaban J connectivity index is 1.45. The zero-order valence-electron chi connectivity index (χ0n) is 20.5. The average molecular weight is 518 g/mol. The minimum atomic E-state index is -0.136. The number of nitrogens with zero attached hydrogens (tertiary/aromatic N) is 5. The molecule has 1 aromatic heterocycles. The minimum Gasteiger partial charge on any atom is -0.321 e. The number of carbonyl (C=O) groups is 1. The number of amides is 2. The molecule has 3 atom stereocenters. The second kappa shape index (κ2) is 11.3. The van der Waals surface area contributed by atoms with Crippen LogP contribution in [0.4, 0.5) is 10.5 Å². The van der Waals surface area contributed by atoms with E-state index in [0.717, 1.165) is 64.0 Å². The predicted octanol–water partition coefficient (Wildman–Crippen LogP) is 5.05. The molecule has 0 spiro atoms. The summed E-state index contributed by atoms with van der Waals surface area (Å²) in [7, 11) is 2.16. The molecule has 0 aromatic carbocycles. The van der Waals surface area contributed by atoms with Crippen molar-refractivity contribution in [1.82, 2.24) is 19.7 Å². The molecule has 1 aromatic rings. The number of halogens is 2. The van der Waals surface area contributed by atoms with Gasteiger partial charge in [0.05, 0.1) is 6.07 Å². The summed E-state index contributed by atoms with van der Waals surface area (Å²) in [6, 6.07) is 5.49. The number of pyridine rings is 1. The van der Waals surface area contributed by atoms with Crippen molar-refractivity contribution in [3.63, 3.8) is 0 Å². The summed E-state index contributed by atoms with van der Waals surface area (Å²) in [6.45, 7) is 8.20. The largest absolute Gasteiger partial charge is 0.322 e. The summed E-state index contributed by atoms with van der Waals surface area (Å²) >= 11 is 12.1. The van der Waals surface area contributed by atoms with Gasteiger partial charge in [0.15, 0.2) is 0 Å². The van der Waals surface area contributed by atoms with E-state index in [4.69, 9.17) is 23.2 Å². The summed E-state index contributed by atoms with van der Waals surface area (Å²) in [6.07, 6.45) is 9.83. The molecule has 0 radical (unpaired) electrons. The molecule has 4 rings (SSSR count). The Morgan fingerprint density at radius 2 is 2.00 bits per heavy atom. The summed E-state index contributed by atoms with van der Waals surface area (Å²) in [5.74, 6) is 0.302. The zero-order valence-corrected chi connectivity index (χ0v) is 22.0. The van der Waals surface area contributed by atoms with E-state index in [0.29, 0.717) is 18.2 Å². The van der Waals surface area contributed by atoms with Gasteiger partial charge < -0.3 is 20.0 Å². The average Bonchev–Trinajstić information content (AvgIpc) is 2.81. The quantitative estimate of drug-likeness (QED) is 0.535. The molecule has 35 heavy (non-hydrogen) atoms. The lowest BCUT2D eigenvalue weighted by atomic mass is 9.63. The number of anilines is 1. The van der Waals surface area contributed by atoms with Gasteiger partial charge >= 0.3 is 6.03 Å². The fourth-order valence-electron chi connectivity index (χ4n) is 5.52. The van der Waals surface area contributed by atoms with Gasteiger partial charge in [-0.05, 0) is 68.8 Å². The first kappa shape index (κ1) is 26.0. The molecule has 2 heterocycles. The van der Waals surface area contributed by atoms with Crippen molar-refractivity contribution in [3.05, 3.63) is 46.2 Å². The normalized spacial score (nSPS) is 27.0. The van der Waals surface area contributed by atoms with E-state index in [-0.39, 0.29) is 27.8 Å². The fourth-order valence-corrected chi connectivity index (χ4v) is 5.98.